The van der Waals surface area contributed by atoms with Crippen molar-refractivity contribution < 1.29 is 22.8 Å². The fraction of sp³-hybridized carbons (Fsp3) is 0.556. The van der Waals surface area contributed by atoms with Crippen LogP contribution in [-0.2, 0) is 4.79 Å². The fourth-order valence-electron chi connectivity index (χ4n) is 3.02. The summed E-state index contributed by atoms with van der Waals surface area (Å²) in [6.07, 6.45) is -1.81. The van der Waals surface area contributed by atoms with Crippen LogP contribution in [0.2, 0.25) is 0 Å². The van der Waals surface area contributed by atoms with E-state index in [-0.39, 0.29) is 17.4 Å². The zero-order chi connectivity index (χ0) is 19.2. The van der Waals surface area contributed by atoms with Gasteiger partial charge in [0.2, 0.25) is 5.91 Å². The lowest BCUT2D eigenvalue weighted by atomic mass is 9.85. The van der Waals surface area contributed by atoms with E-state index < -0.39 is 18.6 Å². The average Bonchev–Trinajstić information content (AvgIpc) is 2.60. The minimum Gasteiger partial charge on any atom is -0.343 e. The maximum Gasteiger partial charge on any atom is 0.405 e. The van der Waals surface area contributed by atoms with Crippen molar-refractivity contribution in [2.75, 3.05) is 25.0 Å². The van der Waals surface area contributed by atoms with E-state index >= 15 is 0 Å². The Bertz CT molecular complexity index is 611. The third kappa shape index (κ3) is 6.67. The lowest BCUT2D eigenvalue weighted by Crippen LogP contribution is -2.34. The Morgan fingerprint density at radius 1 is 1.27 bits per heavy atom. The molecule has 144 valence electrons. The van der Waals surface area contributed by atoms with E-state index in [0.717, 1.165) is 25.9 Å². The van der Waals surface area contributed by atoms with Gasteiger partial charge in [-0.15, -0.1) is 0 Å². The SMILES string of the molecule is CC(CC(=O)Nc1ccc(C(=O)NCC(F)(F)F)cc1)C1CCCNC1. The summed E-state index contributed by atoms with van der Waals surface area (Å²) in [6, 6.07) is 5.78. The average molecular weight is 371 g/mol. The predicted molar refractivity (Wildman–Crippen MR) is 92.8 cm³/mol. The molecule has 1 aromatic rings. The molecule has 0 aliphatic carbocycles. The Morgan fingerprint density at radius 2 is 1.96 bits per heavy atom. The number of anilines is 1. The van der Waals surface area contributed by atoms with Crippen molar-refractivity contribution in [2.45, 2.75) is 32.4 Å². The van der Waals surface area contributed by atoms with Crippen molar-refractivity contribution in [2.24, 2.45) is 11.8 Å². The molecule has 26 heavy (non-hydrogen) atoms. The monoisotopic (exact) mass is 371 g/mol. The van der Waals surface area contributed by atoms with E-state index in [9.17, 15) is 22.8 Å². The molecule has 2 unspecified atom stereocenters. The molecular weight excluding hydrogens is 347 g/mol. The van der Waals surface area contributed by atoms with Crippen LogP contribution in [0.3, 0.4) is 0 Å². The standard InChI is InChI=1S/C18H24F3N3O2/c1-12(14-3-2-8-22-10-14)9-16(25)24-15-6-4-13(5-7-15)17(26)23-11-18(19,20)21/h4-7,12,14,22H,2-3,8-11H2,1H3,(H,23,26)(H,24,25). The lowest BCUT2D eigenvalue weighted by Gasteiger charge is -2.28. The first-order chi connectivity index (χ1) is 12.2. The van der Waals surface area contributed by atoms with Crippen LogP contribution in [0.1, 0.15) is 36.5 Å². The summed E-state index contributed by atoms with van der Waals surface area (Å²) in [4.78, 5) is 23.8. The second-order valence-corrected chi connectivity index (χ2v) is 6.71. The zero-order valence-corrected chi connectivity index (χ0v) is 14.7. The summed E-state index contributed by atoms with van der Waals surface area (Å²) in [5, 5.41) is 7.90. The molecule has 2 rings (SSSR count). The molecule has 0 aromatic heterocycles. The fourth-order valence-corrected chi connectivity index (χ4v) is 3.02. The highest BCUT2D eigenvalue weighted by Gasteiger charge is 2.28. The van der Waals surface area contributed by atoms with Crippen molar-refractivity contribution in [1.29, 1.82) is 0 Å². The highest BCUT2D eigenvalue weighted by molar-refractivity contribution is 5.95. The van der Waals surface area contributed by atoms with Crippen LogP contribution in [0.4, 0.5) is 18.9 Å². The lowest BCUT2D eigenvalue weighted by molar-refractivity contribution is -0.123. The number of piperidine rings is 1. The van der Waals surface area contributed by atoms with E-state index in [0.29, 0.717) is 18.0 Å². The van der Waals surface area contributed by atoms with Crippen molar-refractivity contribution in [3.05, 3.63) is 29.8 Å². The molecule has 3 N–H and O–H groups in total. The van der Waals surface area contributed by atoms with Crippen LogP contribution >= 0.6 is 0 Å². The quantitative estimate of drug-likeness (QED) is 0.720. The first-order valence-electron chi connectivity index (χ1n) is 8.70. The molecule has 2 atom stereocenters. The van der Waals surface area contributed by atoms with E-state index in [1.54, 1.807) is 5.32 Å². The maximum atomic E-state index is 12.2. The molecule has 0 bridgehead atoms. The van der Waals surface area contributed by atoms with Crippen molar-refractivity contribution in [3.8, 4) is 0 Å². The largest absolute Gasteiger partial charge is 0.405 e. The molecule has 2 amide bonds. The van der Waals surface area contributed by atoms with Crippen LogP contribution in [0, 0.1) is 11.8 Å². The summed E-state index contributed by atoms with van der Waals surface area (Å²) in [5.74, 6) is -0.180. The molecule has 8 heteroatoms. The molecule has 1 saturated heterocycles. The summed E-state index contributed by atoms with van der Waals surface area (Å²) >= 11 is 0. The highest BCUT2D eigenvalue weighted by atomic mass is 19.4. The second-order valence-electron chi connectivity index (χ2n) is 6.71. The molecule has 0 spiro atoms. The molecule has 1 aliphatic heterocycles. The third-order valence-corrected chi connectivity index (χ3v) is 4.53. The number of carbonyl (C=O) groups is 2. The Hall–Kier alpha value is -2.09. The highest BCUT2D eigenvalue weighted by Crippen LogP contribution is 2.23. The Kier molecular flexibility index (Phi) is 7.02. The number of nitrogens with one attached hydrogen (secondary N) is 3. The number of hydrogen-bond donors (Lipinski definition) is 3. The summed E-state index contributed by atoms with van der Waals surface area (Å²) in [7, 11) is 0. The summed E-state index contributed by atoms with van der Waals surface area (Å²) in [5.41, 5.74) is 0.616. The first-order valence-corrected chi connectivity index (χ1v) is 8.70. The van der Waals surface area contributed by atoms with Gasteiger partial charge in [-0.05, 0) is 62.0 Å². The van der Waals surface area contributed by atoms with Crippen LogP contribution in [-0.4, -0.2) is 37.6 Å². The number of halogens is 3. The van der Waals surface area contributed by atoms with Crippen molar-refractivity contribution in [1.82, 2.24) is 10.6 Å². The maximum absolute atomic E-state index is 12.2. The van der Waals surface area contributed by atoms with Gasteiger partial charge in [-0.2, -0.15) is 13.2 Å². The molecule has 5 nitrogen and oxygen atoms in total. The van der Waals surface area contributed by atoms with Gasteiger partial charge in [-0.1, -0.05) is 6.92 Å². The third-order valence-electron chi connectivity index (χ3n) is 4.53. The number of rotatable bonds is 6. The molecule has 0 saturated carbocycles. The van der Waals surface area contributed by atoms with Crippen LogP contribution < -0.4 is 16.0 Å². The van der Waals surface area contributed by atoms with E-state index in [1.807, 2.05) is 0 Å². The van der Waals surface area contributed by atoms with Gasteiger partial charge >= 0.3 is 6.18 Å². The normalized spacial score (nSPS) is 18.8. The second kappa shape index (κ2) is 9.02. The minimum absolute atomic E-state index is 0.105. The van der Waals surface area contributed by atoms with Crippen molar-refractivity contribution in [3.63, 3.8) is 0 Å². The molecule has 1 aliphatic rings. The predicted octanol–water partition coefficient (Wildman–Crippen LogP) is 2.94. The Labute approximate surface area is 150 Å². The van der Waals surface area contributed by atoms with Gasteiger partial charge < -0.3 is 16.0 Å². The molecule has 1 heterocycles. The smallest absolute Gasteiger partial charge is 0.343 e. The molecule has 1 aromatic carbocycles. The number of carbonyl (C=O) groups excluding carboxylic acids is 2. The number of alkyl halides is 3. The summed E-state index contributed by atoms with van der Waals surface area (Å²) in [6.45, 7) is 2.64. The minimum atomic E-state index is -4.45. The van der Waals surface area contributed by atoms with Crippen molar-refractivity contribution >= 4 is 17.5 Å². The molecular formula is C18H24F3N3O2. The Balaban J connectivity index is 1.82. The van der Waals surface area contributed by atoms with Gasteiger partial charge in [0.1, 0.15) is 6.54 Å². The van der Waals surface area contributed by atoms with E-state index in [2.05, 4.69) is 17.6 Å². The van der Waals surface area contributed by atoms with E-state index in [4.69, 9.17) is 0 Å². The van der Waals surface area contributed by atoms with Gasteiger partial charge in [0.05, 0.1) is 0 Å². The molecule has 1 fully saturated rings. The van der Waals surface area contributed by atoms with Gasteiger partial charge in [0, 0.05) is 17.7 Å². The Morgan fingerprint density at radius 3 is 2.54 bits per heavy atom. The van der Waals surface area contributed by atoms with Crippen LogP contribution in [0.5, 0.6) is 0 Å². The number of benzene rings is 1. The topological polar surface area (TPSA) is 70.2 Å². The van der Waals surface area contributed by atoms with Crippen LogP contribution in [0.25, 0.3) is 0 Å². The number of hydrogen-bond acceptors (Lipinski definition) is 3. The van der Waals surface area contributed by atoms with Gasteiger partial charge in [0.25, 0.3) is 5.91 Å². The van der Waals surface area contributed by atoms with Gasteiger partial charge in [-0.25, -0.2) is 0 Å². The van der Waals surface area contributed by atoms with E-state index in [1.165, 1.54) is 24.3 Å². The van der Waals surface area contributed by atoms with Gasteiger partial charge in [-0.3, -0.25) is 9.59 Å². The first kappa shape index (κ1) is 20.2. The van der Waals surface area contributed by atoms with Gasteiger partial charge in [0.15, 0.2) is 0 Å². The number of amides is 2. The molecule has 0 radical (unpaired) electrons. The van der Waals surface area contributed by atoms with Crippen LogP contribution in [0.15, 0.2) is 24.3 Å². The summed E-state index contributed by atoms with van der Waals surface area (Å²) < 4.78 is 36.3. The zero-order valence-electron chi connectivity index (χ0n) is 14.7.